The Hall–Kier alpha value is -4.11. The molecule has 2 heterocycles. The molecule has 174 valence electrons. The fraction of sp³-hybridized carbons (Fsp3) is 0.115. The maximum absolute atomic E-state index is 13.5. The van der Waals surface area contributed by atoms with Gasteiger partial charge in [-0.1, -0.05) is 35.0 Å². The van der Waals surface area contributed by atoms with Crippen LogP contribution in [0.5, 0.6) is 0 Å². The van der Waals surface area contributed by atoms with Crippen molar-refractivity contribution in [1.82, 2.24) is 9.55 Å². The molecule has 0 spiro atoms. The van der Waals surface area contributed by atoms with Crippen molar-refractivity contribution in [2.75, 3.05) is 11.4 Å². The molecular weight excluding hydrogens is 512 g/mol. The Bertz CT molecular complexity index is 1590. The number of amides is 1. The van der Waals surface area contributed by atoms with Crippen molar-refractivity contribution in [2.24, 2.45) is 0 Å². The van der Waals surface area contributed by atoms with Crippen LogP contribution in [0.25, 0.3) is 28.2 Å². The summed E-state index contributed by atoms with van der Waals surface area (Å²) in [5.41, 5.74) is 2.46. The molecular formula is C26H19BrN4O4. The molecule has 0 unspecified atom stereocenters. The van der Waals surface area contributed by atoms with Gasteiger partial charge in [0.05, 0.1) is 32.8 Å². The van der Waals surface area contributed by atoms with Gasteiger partial charge >= 0.3 is 0 Å². The maximum Gasteiger partial charge on any atom is 0.269 e. The molecule has 0 radical (unpaired) electrons. The van der Waals surface area contributed by atoms with Crippen molar-refractivity contribution >= 4 is 55.8 Å². The van der Waals surface area contributed by atoms with E-state index in [1.165, 1.54) is 28.8 Å². The van der Waals surface area contributed by atoms with E-state index in [0.717, 1.165) is 22.1 Å². The van der Waals surface area contributed by atoms with Crippen LogP contribution in [0.1, 0.15) is 24.7 Å². The number of nitrogens with zero attached hydrogens (tertiary/aromatic N) is 4. The molecule has 1 amide bonds. The predicted octanol–water partition coefficient (Wildman–Crippen LogP) is 5.35. The second kappa shape index (κ2) is 8.92. The lowest BCUT2D eigenvalue weighted by molar-refractivity contribution is -0.384. The number of benzene rings is 3. The second-order valence-electron chi connectivity index (χ2n) is 8.08. The first-order valence-electron chi connectivity index (χ1n) is 11.0. The molecule has 0 saturated carbocycles. The van der Waals surface area contributed by atoms with E-state index in [0.29, 0.717) is 28.7 Å². The Morgan fingerprint density at radius 3 is 2.51 bits per heavy atom. The number of hydrogen-bond donors (Lipinski definition) is 0. The minimum absolute atomic E-state index is 0.0876. The first-order valence-corrected chi connectivity index (χ1v) is 11.8. The van der Waals surface area contributed by atoms with Gasteiger partial charge in [-0.2, -0.15) is 0 Å². The smallest absolute Gasteiger partial charge is 0.269 e. The Balaban J connectivity index is 1.77. The van der Waals surface area contributed by atoms with Gasteiger partial charge in [-0.05, 0) is 55.0 Å². The molecule has 0 bridgehead atoms. The van der Waals surface area contributed by atoms with E-state index >= 15 is 0 Å². The topological polar surface area (TPSA) is 98.3 Å². The fourth-order valence-electron chi connectivity index (χ4n) is 4.26. The van der Waals surface area contributed by atoms with Crippen LogP contribution in [0, 0.1) is 10.1 Å². The highest BCUT2D eigenvalue weighted by atomic mass is 79.9. The maximum atomic E-state index is 13.5. The number of carbonyl (C=O) groups is 1. The number of aromatic nitrogens is 2. The van der Waals surface area contributed by atoms with Crippen LogP contribution < -0.4 is 10.5 Å². The third-order valence-corrected chi connectivity index (χ3v) is 6.35. The van der Waals surface area contributed by atoms with E-state index in [9.17, 15) is 19.7 Å². The molecule has 1 aromatic heterocycles. The normalized spacial score (nSPS) is 14.1. The number of para-hydroxylation sites is 1. The Morgan fingerprint density at radius 2 is 1.80 bits per heavy atom. The molecule has 0 atom stereocenters. The molecule has 0 N–H and O–H groups in total. The van der Waals surface area contributed by atoms with Crippen molar-refractivity contribution in [3.8, 4) is 5.69 Å². The monoisotopic (exact) mass is 530 g/mol. The average molecular weight is 531 g/mol. The highest BCUT2D eigenvalue weighted by Crippen LogP contribution is 2.39. The first-order chi connectivity index (χ1) is 16.9. The summed E-state index contributed by atoms with van der Waals surface area (Å²) in [6.07, 6.45) is 2.41. The van der Waals surface area contributed by atoms with Gasteiger partial charge in [-0.15, -0.1) is 0 Å². The summed E-state index contributed by atoms with van der Waals surface area (Å²) in [4.78, 5) is 44.0. The SMILES string of the molecule is CCCN1C(=O)C(=Cc2nc3ccccc3c(=O)n2-c2ccc([N+](=O)[O-])cc2)c2cc(Br)ccc21. The predicted molar refractivity (Wildman–Crippen MR) is 139 cm³/mol. The third-order valence-electron chi connectivity index (χ3n) is 5.86. The lowest BCUT2D eigenvalue weighted by atomic mass is 10.1. The van der Waals surface area contributed by atoms with E-state index < -0.39 is 4.92 Å². The van der Waals surface area contributed by atoms with Crippen molar-refractivity contribution in [3.05, 3.63) is 103 Å². The van der Waals surface area contributed by atoms with Gasteiger partial charge < -0.3 is 4.90 Å². The number of anilines is 1. The summed E-state index contributed by atoms with van der Waals surface area (Å²) >= 11 is 3.49. The molecule has 1 aliphatic rings. The zero-order valence-electron chi connectivity index (χ0n) is 18.6. The van der Waals surface area contributed by atoms with Crippen molar-refractivity contribution in [3.63, 3.8) is 0 Å². The second-order valence-corrected chi connectivity index (χ2v) is 8.99. The van der Waals surface area contributed by atoms with Crippen LogP contribution in [0.3, 0.4) is 0 Å². The molecule has 3 aromatic carbocycles. The van der Waals surface area contributed by atoms with Crippen molar-refractivity contribution < 1.29 is 9.72 Å². The van der Waals surface area contributed by atoms with Crippen LogP contribution in [0.15, 0.2) is 76.0 Å². The number of fused-ring (bicyclic) bond motifs is 2. The van der Waals surface area contributed by atoms with E-state index in [1.807, 2.05) is 25.1 Å². The Kier molecular flexibility index (Phi) is 5.78. The van der Waals surface area contributed by atoms with Crippen molar-refractivity contribution in [2.45, 2.75) is 13.3 Å². The van der Waals surface area contributed by atoms with Crippen LogP contribution in [0.2, 0.25) is 0 Å². The van der Waals surface area contributed by atoms with Crippen LogP contribution in [-0.2, 0) is 4.79 Å². The number of nitro groups is 1. The van der Waals surface area contributed by atoms with Gasteiger partial charge in [-0.3, -0.25) is 24.3 Å². The van der Waals surface area contributed by atoms with E-state index in [1.54, 1.807) is 35.2 Å². The largest absolute Gasteiger partial charge is 0.308 e. The van der Waals surface area contributed by atoms with Gasteiger partial charge in [0, 0.05) is 28.7 Å². The van der Waals surface area contributed by atoms with Crippen molar-refractivity contribution in [1.29, 1.82) is 0 Å². The first kappa shape index (κ1) is 22.7. The van der Waals surface area contributed by atoms with E-state index in [2.05, 4.69) is 15.9 Å². The molecule has 0 saturated heterocycles. The molecule has 35 heavy (non-hydrogen) atoms. The zero-order valence-corrected chi connectivity index (χ0v) is 20.2. The number of non-ortho nitro benzene ring substituents is 1. The van der Waals surface area contributed by atoms with Gasteiger partial charge in [0.2, 0.25) is 0 Å². The number of hydrogen-bond acceptors (Lipinski definition) is 5. The Labute approximate surface area is 208 Å². The summed E-state index contributed by atoms with van der Waals surface area (Å²) < 4.78 is 2.21. The lowest BCUT2D eigenvalue weighted by Crippen LogP contribution is -2.27. The molecule has 4 aromatic rings. The minimum atomic E-state index is -0.498. The van der Waals surface area contributed by atoms with Gasteiger partial charge in [-0.25, -0.2) is 4.98 Å². The van der Waals surface area contributed by atoms with E-state index in [4.69, 9.17) is 4.98 Å². The fourth-order valence-corrected chi connectivity index (χ4v) is 4.62. The molecule has 8 nitrogen and oxygen atoms in total. The highest BCUT2D eigenvalue weighted by Gasteiger charge is 2.32. The zero-order chi connectivity index (χ0) is 24.7. The summed E-state index contributed by atoms with van der Waals surface area (Å²) in [7, 11) is 0. The van der Waals surface area contributed by atoms with Crippen LogP contribution in [0.4, 0.5) is 11.4 Å². The summed E-state index contributed by atoms with van der Waals surface area (Å²) in [5, 5.41) is 11.5. The van der Waals surface area contributed by atoms with Crippen LogP contribution in [-0.4, -0.2) is 26.9 Å². The number of rotatable bonds is 5. The summed E-state index contributed by atoms with van der Waals surface area (Å²) in [6, 6.07) is 18.3. The van der Waals surface area contributed by atoms with Crippen LogP contribution >= 0.6 is 15.9 Å². The van der Waals surface area contributed by atoms with E-state index in [-0.39, 0.29) is 23.0 Å². The molecule has 5 rings (SSSR count). The number of carbonyl (C=O) groups excluding carboxylic acids is 1. The van der Waals surface area contributed by atoms with Gasteiger partial charge in [0.15, 0.2) is 0 Å². The third kappa shape index (κ3) is 3.93. The molecule has 9 heteroatoms. The molecule has 1 aliphatic heterocycles. The lowest BCUT2D eigenvalue weighted by Gasteiger charge is -2.15. The quantitative estimate of drug-likeness (QED) is 0.196. The highest BCUT2D eigenvalue weighted by molar-refractivity contribution is 9.10. The Morgan fingerprint density at radius 1 is 1.06 bits per heavy atom. The number of halogens is 1. The number of nitro benzene ring substituents is 1. The van der Waals surface area contributed by atoms with Gasteiger partial charge in [0.1, 0.15) is 5.82 Å². The summed E-state index contributed by atoms with van der Waals surface area (Å²) in [6.45, 7) is 2.57. The molecule has 0 aliphatic carbocycles. The minimum Gasteiger partial charge on any atom is -0.308 e. The van der Waals surface area contributed by atoms with Gasteiger partial charge in [0.25, 0.3) is 17.2 Å². The molecule has 0 fully saturated rings. The average Bonchev–Trinajstić information content (AvgIpc) is 3.10. The standard InChI is InChI=1S/C26H19BrN4O4/c1-2-13-29-23-12-7-16(27)14-20(23)21(25(29)32)15-24-28-22-6-4-3-5-19(22)26(33)30(24)17-8-10-18(11-9-17)31(34)35/h3-12,14-15H,2,13H2,1H3. The summed E-state index contributed by atoms with van der Waals surface area (Å²) in [5.74, 6) is 0.0905.